The summed E-state index contributed by atoms with van der Waals surface area (Å²) in [7, 11) is -4.61. The number of nitrogens with zero attached hydrogens (tertiary/aromatic N) is 1. The predicted octanol–water partition coefficient (Wildman–Crippen LogP) is 3.61. The molecule has 0 aliphatic heterocycles. The van der Waals surface area contributed by atoms with Crippen molar-refractivity contribution in [1.29, 1.82) is 0 Å². The quantitative estimate of drug-likeness (QED) is 0.374. The van der Waals surface area contributed by atoms with Gasteiger partial charge in [0.2, 0.25) is 0 Å². The van der Waals surface area contributed by atoms with E-state index in [1.165, 1.54) is 6.92 Å². The van der Waals surface area contributed by atoms with E-state index in [9.17, 15) is 30.8 Å². The number of primary amides is 1. The molecule has 0 bridgehead atoms. The van der Waals surface area contributed by atoms with Crippen LogP contribution in [-0.2, 0) is 9.84 Å². The van der Waals surface area contributed by atoms with E-state index in [1.807, 2.05) is 0 Å². The monoisotopic (exact) mass is 438 g/mol. The van der Waals surface area contributed by atoms with Crippen LogP contribution in [0.15, 0.2) is 53.6 Å². The van der Waals surface area contributed by atoms with Gasteiger partial charge in [0.1, 0.15) is 22.6 Å². The van der Waals surface area contributed by atoms with E-state index in [0.29, 0.717) is 12.1 Å². The van der Waals surface area contributed by atoms with Crippen LogP contribution in [0.1, 0.15) is 32.4 Å². The molecule has 30 heavy (non-hydrogen) atoms. The largest absolute Gasteiger partial charge is 0.364 e. The first kappa shape index (κ1) is 21.4. The SMILES string of the molecule is Cc1cc(C(N)=O)ncc1C(c1c(F)ccc(F)c1F)S(=O)(=O)c1ccc(F)cc1. The third-order valence-corrected chi connectivity index (χ3v) is 6.52. The lowest BCUT2D eigenvalue weighted by Gasteiger charge is -2.22. The van der Waals surface area contributed by atoms with Gasteiger partial charge < -0.3 is 5.73 Å². The number of rotatable bonds is 5. The second-order valence-electron chi connectivity index (χ2n) is 6.43. The second kappa shape index (κ2) is 7.86. The molecule has 3 aromatic rings. The Morgan fingerprint density at radius 1 is 1.00 bits per heavy atom. The van der Waals surface area contributed by atoms with Gasteiger partial charge in [0.15, 0.2) is 21.5 Å². The van der Waals surface area contributed by atoms with Crippen molar-refractivity contribution in [2.75, 3.05) is 0 Å². The molecule has 1 aromatic heterocycles. The van der Waals surface area contributed by atoms with E-state index in [2.05, 4.69) is 4.98 Å². The number of hydrogen-bond acceptors (Lipinski definition) is 4. The summed E-state index contributed by atoms with van der Waals surface area (Å²) < 4.78 is 83.0. The van der Waals surface area contributed by atoms with Crippen LogP contribution in [0.2, 0.25) is 0 Å². The van der Waals surface area contributed by atoms with E-state index >= 15 is 0 Å². The number of nitrogens with two attached hydrogens (primary N) is 1. The zero-order chi connectivity index (χ0) is 22.2. The number of amides is 1. The Labute approximate surface area is 169 Å². The number of pyridine rings is 1. The van der Waals surface area contributed by atoms with Gasteiger partial charge in [0, 0.05) is 11.8 Å². The fourth-order valence-electron chi connectivity index (χ4n) is 3.00. The van der Waals surface area contributed by atoms with Gasteiger partial charge in [-0.1, -0.05) is 0 Å². The molecular formula is C20H14F4N2O3S. The first-order chi connectivity index (χ1) is 14.0. The summed E-state index contributed by atoms with van der Waals surface area (Å²) in [5, 5.41) is -2.06. The van der Waals surface area contributed by atoms with Gasteiger partial charge in [-0.3, -0.25) is 9.78 Å². The third-order valence-electron chi connectivity index (χ3n) is 4.48. The van der Waals surface area contributed by atoms with Crippen LogP contribution in [0.4, 0.5) is 17.6 Å². The van der Waals surface area contributed by atoms with Crippen LogP contribution >= 0.6 is 0 Å². The van der Waals surface area contributed by atoms with Gasteiger partial charge in [-0.2, -0.15) is 0 Å². The smallest absolute Gasteiger partial charge is 0.267 e. The Morgan fingerprint density at radius 2 is 1.60 bits per heavy atom. The fourth-order valence-corrected chi connectivity index (χ4v) is 4.89. The van der Waals surface area contributed by atoms with Crippen molar-refractivity contribution >= 4 is 15.7 Å². The second-order valence-corrected chi connectivity index (χ2v) is 8.46. The number of carbonyl (C=O) groups is 1. The summed E-state index contributed by atoms with van der Waals surface area (Å²) in [5.41, 5.74) is 3.82. The van der Waals surface area contributed by atoms with Crippen molar-refractivity contribution in [3.63, 3.8) is 0 Å². The molecule has 0 radical (unpaired) electrons. The Morgan fingerprint density at radius 3 is 2.17 bits per heavy atom. The average molecular weight is 438 g/mol. The van der Waals surface area contributed by atoms with Gasteiger partial charge in [-0.15, -0.1) is 0 Å². The molecular weight excluding hydrogens is 424 g/mol. The van der Waals surface area contributed by atoms with Crippen molar-refractivity contribution in [1.82, 2.24) is 4.98 Å². The number of halogens is 4. The standard InChI is InChI=1S/C20H14F4N2O3S/c1-10-8-16(20(25)27)26-9-13(10)19(17-14(22)6-7-15(23)18(17)24)30(28,29)12-4-2-11(21)3-5-12/h2-9,19H,1H3,(H2,25,27). The zero-order valence-corrected chi connectivity index (χ0v) is 16.2. The Bertz CT molecular complexity index is 1250. The minimum atomic E-state index is -4.61. The Hall–Kier alpha value is -3.27. The highest BCUT2D eigenvalue weighted by Gasteiger charge is 2.37. The lowest BCUT2D eigenvalue weighted by atomic mass is 10.00. The fraction of sp³-hybridized carbons (Fsp3) is 0.100. The van der Waals surface area contributed by atoms with Crippen LogP contribution in [0.25, 0.3) is 0 Å². The number of carbonyl (C=O) groups excluding carboxylic acids is 1. The summed E-state index contributed by atoms with van der Waals surface area (Å²) in [6.07, 6.45) is 0.935. The van der Waals surface area contributed by atoms with Crippen molar-refractivity contribution in [2.45, 2.75) is 17.1 Å². The van der Waals surface area contributed by atoms with Crippen LogP contribution in [-0.4, -0.2) is 19.3 Å². The molecule has 0 saturated carbocycles. The molecule has 0 spiro atoms. The number of aromatic nitrogens is 1. The van der Waals surface area contributed by atoms with E-state index in [1.54, 1.807) is 0 Å². The lowest BCUT2D eigenvalue weighted by Crippen LogP contribution is -2.21. The van der Waals surface area contributed by atoms with Crippen molar-refractivity contribution in [2.24, 2.45) is 5.73 Å². The average Bonchev–Trinajstić information content (AvgIpc) is 2.69. The Balaban J connectivity index is 2.35. The number of hydrogen-bond donors (Lipinski definition) is 1. The number of aryl methyl sites for hydroxylation is 1. The molecule has 1 heterocycles. The molecule has 0 fully saturated rings. The highest BCUT2D eigenvalue weighted by atomic mass is 32.2. The molecule has 1 amide bonds. The highest BCUT2D eigenvalue weighted by Crippen LogP contribution is 2.39. The summed E-state index contributed by atoms with van der Waals surface area (Å²) in [5.74, 6) is -6.07. The van der Waals surface area contributed by atoms with Crippen LogP contribution in [0.5, 0.6) is 0 Å². The molecule has 156 valence electrons. The van der Waals surface area contributed by atoms with Gasteiger partial charge >= 0.3 is 0 Å². The van der Waals surface area contributed by atoms with Crippen molar-refractivity contribution in [3.05, 3.63) is 94.3 Å². The van der Waals surface area contributed by atoms with Gasteiger partial charge in [-0.05, 0) is 60.5 Å². The number of sulfone groups is 1. The van der Waals surface area contributed by atoms with Crippen molar-refractivity contribution in [3.8, 4) is 0 Å². The molecule has 1 atom stereocenters. The first-order valence-corrected chi connectivity index (χ1v) is 9.98. The maximum atomic E-state index is 14.6. The van der Waals surface area contributed by atoms with Crippen molar-refractivity contribution < 1.29 is 30.8 Å². The van der Waals surface area contributed by atoms with Crippen LogP contribution in [0, 0.1) is 30.2 Å². The predicted molar refractivity (Wildman–Crippen MR) is 99.2 cm³/mol. The Kier molecular flexibility index (Phi) is 5.62. The number of benzene rings is 2. The third kappa shape index (κ3) is 3.78. The maximum Gasteiger partial charge on any atom is 0.267 e. The topological polar surface area (TPSA) is 90.1 Å². The van der Waals surface area contributed by atoms with E-state index in [-0.39, 0.29) is 16.8 Å². The summed E-state index contributed by atoms with van der Waals surface area (Å²) in [6, 6.07) is 5.85. The molecule has 5 nitrogen and oxygen atoms in total. The molecule has 2 aromatic carbocycles. The molecule has 0 aliphatic carbocycles. The van der Waals surface area contributed by atoms with Gasteiger partial charge in [0.25, 0.3) is 5.91 Å². The molecule has 1 unspecified atom stereocenters. The summed E-state index contributed by atoms with van der Waals surface area (Å²) >= 11 is 0. The van der Waals surface area contributed by atoms with E-state index in [4.69, 9.17) is 5.73 Å². The van der Waals surface area contributed by atoms with Crippen LogP contribution < -0.4 is 5.73 Å². The van der Waals surface area contributed by atoms with Gasteiger partial charge in [-0.25, -0.2) is 26.0 Å². The first-order valence-electron chi connectivity index (χ1n) is 8.43. The molecule has 0 saturated heterocycles. The highest BCUT2D eigenvalue weighted by molar-refractivity contribution is 7.92. The van der Waals surface area contributed by atoms with Crippen LogP contribution in [0.3, 0.4) is 0 Å². The summed E-state index contributed by atoms with van der Waals surface area (Å²) in [4.78, 5) is 14.6. The molecule has 2 N–H and O–H groups in total. The zero-order valence-electron chi connectivity index (χ0n) is 15.4. The maximum absolute atomic E-state index is 14.6. The lowest BCUT2D eigenvalue weighted by molar-refractivity contribution is 0.0995. The minimum Gasteiger partial charge on any atom is -0.364 e. The van der Waals surface area contributed by atoms with E-state index in [0.717, 1.165) is 36.5 Å². The molecule has 0 aliphatic rings. The normalized spacial score (nSPS) is 12.6. The van der Waals surface area contributed by atoms with Gasteiger partial charge in [0.05, 0.1) is 4.90 Å². The van der Waals surface area contributed by atoms with E-state index < -0.39 is 54.7 Å². The molecule has 10 heteroatoms. The minimum absolute atomic E-state index is 0.123. The summed E-state index contributed by atoms with van der Waals surface area (Å²) in [6.45, 7) is 1.38. The molecule has 3 rings (SSSR count).